The summed E-state index contributed by atoms with van der Waals surface area (Å²) in [6.07, 6.45) is 7.50. The van der Waals surface area contributed by atoms with Crippen LogP contribution in [0.15, 0.2) is 18.5 Å². The maximum Gasteiger partial charge on any atom is 0.317 e. The first kappa shape index (κ1) is 18.0. The molecule has 2 aliphatic rings. The zero-order valence-electron chi connectivity index (χ0n) is 15.6. The molecule has 2 aliphatic heterocycles. The van der Waals surface area contributed by atoms with Gasteiger partial charge in [-0.25, -0.2) is 4.79 Å². The van der Waals surface area contributed by atoms with Crippen LogP contribution >= 0.6 is 0 Å². The lowest BCUT2D eigenvalue weighted by atomic mass is 10.0. The number of hydrogen-bond donors (Lipinski definition) is 1. The van der Waals surface area contributed by atoms with E-state index in [1.54, 1.807) is 0 Å². The number of amides is 2. The average Bonchev–Trinajstić information content (AvgIpc) is 2.67. The molecular weight excluding hydrogens is 314 g/mol. The van der Waals surface area contributed by atoms with Crippen molar-refractivity contribution in [3.05, 3.63) is 24.0 Å². The highest BCUT2D eigenvalue weighted by Crippen LogP contribution is 2.20. The number of nitrogens with one attached hydrogen (secondary N) is 1. The molecule has 1 atom stereocenters. The zero-order chi connectivity index (χ0) is 17.6. The van der Waals surface area contributed by atoms with E-state index in [1.807, 2.05) is 17.3 Å². The van der Waals surface area contributed by atoms with Crippen LogP contribution in [-0.2, 0) is 0 Å². The third-order valence-corrected chi connectivity index (χ3v) is 5.54. The number of aromatic nitrogens is 1. The van der Waals surface area contributed by atoms with Gasteiger partial charge in [-0.1, -0.05) is 13.3 Å². The minimum absolute atomic E-state index is 0.0905. The van der Waals surface area contributed by atoms with E-state index in [-0.39, 0.29) is 6.03 Å². The number of likely N-dealkylation sites (tertiary alicyclic amines) is 1. The Morgan fingerprint density at radius 1 is 1.24 bits per heavy atom. The van der Waals surface area contributed by atoms with Crippen molar-refractivity contribution < 1.29 is 4.79 Å². The highest BCUT2D eigenvalue weighted by Gasteiger charge is 2.25. The Balaban J connectivity index is 1.46. The van der Waals surface area contributed by atoms with Crippen LogP contribution < -0.4 is 10.2 Å². The monoisotopic (exact) mass is 345 g/mol. The molecule has 6 heteroatoms. The van der Waals surface area contributed by atoms with Crippen molar-refractivity contribution >= 4 is 11.7 Å². The van der Waals surface area contributed by atoms with Crippen molar-refractivity contribution in [3.63, 3.8) is 0 Å². The molecule has 0 saturated carbocycles. The van der Waals surface area contributed by atoms with Crippen molar-refractivity contribution in [2.75, 3.05) is 50.7 Å². The fourth-order valence-electron chi connectivity index (χ4n) is 4.00. The molecule has 3 heterocycles. The van der Waals surface area contributed by atoms with Crippen LogP contribution in [0.4, 0.5) is 10.5 Å². The summed E-state index contributed by atoms with van der Waals surface area (Å²) in [5, 5.41) is 3.17. The van der Waals surface area contributed by atoms with E-state index in [4.69, 9.17) is 0 Å². The average molecular weight is 345 g/mol. The molecule has 0 spiro atoms. The predicted octanol–water partition coefficient (Wildman–Crippen LogP) is 2.10. The van der Waals surface area contributed by atoms with Crippen molar-refractivity contribution in [2.24, 2.45) is 0 Å². The second-order valence-electron chi connectivity index (χ2n) is 7.10. The number of piperazine rings is 1. The van der Waals surface area contributed by atoms with E-state index in [0.29, 0.717) is 6.04 Å². The van der Waals surface area contributed by atoms with Gasteiger partial charge < -0.3 is 15.1 Å². The summed E-state index contributed by atoms with van der Waals surface area (Å²) in [4.78, 5) is 23.5. The molecule has 25 heavy (non-hydrogen) atoms. The van der Waals surface area contributed by atoms with Crippen LogP contribution in [0, 0.1) is 6.92 Å². The zero-order valence-corrected chi connectivity index (χ0v) is 15.6. The van der Waals surface area contributed by atoms with Crippen LogP contribution in [-0.4, -0.2) is 72.7 Å². The molecule has 0 unspecified atom stereocenters. The standard InChI is InChI=1S/C19H31N5O/c1-3-22-9-5-4-6-17(22)15-21-19(25)24-12-10-23(11-13-24)18-7-8-20-14-16(18)2/h7-8,14,17H,3-6,9-13,15H2,1-2H3,(H,21,25)/t17-/m0/s1. The number of hydrogen-bond acceptors (Lipinski definition) is 4. The van der Waals surface area contributed by atoms with Crippen LogP contribution in [0.1, 0.15) is 31.7 Å². The number of carbonyl (C=O) groups excluding carboxylic acids is 1. The third kappa shape index (κ3) is 4.42. The quantitative estimate of drug-likeness (QED) is 0.908. The molecule has 0 bridgehead atoms. The molecule has 2 saturated heterocycles. The number of pyridine rings is 1. The van der Waals surface area contributed by atoms with Crippen molar-refractivity contribution in [3.8, 4) is 0 Å². The Morgan fingerprint density at radius 3 is 2.76 bits per heavy atom. The number of urea groups is 1. The maximum absolute atomic E-state index is 12.5. The van der Waals surface area contributed by atoms with Gasteiger partial charge in [0, 0.05) is 56.8 Å². The Morgan fingerprint density at radius 2 is 2.04 bits per heavy atom. The number of likely N-dealkylation sites (N-methyl/N-ethyl adjacent to an activating group) is 1. The summed E-state index contributed by atoms with van der Waals surface area (Å²) in [6, 6.07) is 2.66. The first-order valence-electron chi connectivity index (χ1n) is 9.61. The van der Waals surface area contributed by atoms with Gasteiger partial charge >= 0.3 is 6.03 Å². The van der Waals surface area contributed by atoms with Gasteiger partial charge in [-0.2, -0.15) is 0 Å². The molecule has 2 fully saturated rings. The van der Waals surface area contributed by atoms with Gasteiger partial charge in [0.05, 0.1) is 0 Å². The molecule has 138 valence electrons. The normalized spacial score (nSPS) is 22.1. The van der Waals surface area contributed by atoms with Crippen LogP contribution in [0.25, 0.3) is 0 Å². The lowest BCUT2D eigenvalue weighted by Gasteiger charge is -2.38. The van der Waals surface area contributed by atoms with E-state index >= 15 is 0 Å². The summed E-state index contributed by atoms with van der Waals surface area (Å²) in [5.74, 6) is 0. The summed E-state index contributed by atoms with van der Waals surface area (Å²) in [6.45, 7) is 10.6. The molecule has 3 rings (SSSR count). The van der Waals surface area contributed by atoms with Gasteiger partial charge in [-0.3, -0.25) is 9.88 Å². The highest BCUT2D eigenvalue weighted by atomic mass is 16.2. The lowest BCUT2D eigenvalue weighted by molar-refractivity contribution is 0.147. The fraction of sp³-hybridized carbons (Fsp3) is 0.684. The molecular formula is C19H31N5O. The molecule has 0 aromatic carbocycles. The molecule has 6 nitrogen and oxygen atoms in total. The minimum atomic E-state index is 0.0905. The smallest absolute Gasteiger partial charge is 0.317 e. The fourth-order valence-corrected chi connectivity index (χ4v) is 4.00. The topological polar surface area (TPSA) is 51.7 Å². The van der Waals surface area contributed by atoms with Crippen molar-refractivity contribution in [2.45, 2.75) is 39.2 Å². The van der Waals surface area contributed by atoms with Gasteiger partial charge in [-0.15, -0.1) is 0 Å². The number of anilines is 1. The second kappa shape index (κ2) is 8.52. The Kier molecular flexibility index (Phi) is 6.13. The van der Waals surface area contributed by atoms with Crippen molar-refractivity contribution in [1.82, 2.24) is 20.1 Å². The lowest BCUT2D eigenvalue weighted by Crippen LogP contribution is -2.54. The van der Waals surface area contributed by atoms with E-state index in [9.17, 15) is 4.79 Å². The van der Waals surface area contributed by atoms with E-state index < -0.39 is 0 Å². The first-order chi connectivity index (χ1) is 12.2. The number of rotatable bonds is 4. The SMILES string of the molecule is CCN1CCCC[C@H]1CNC(=O)N1CCN(c2ccncc2C)CC1. The molecule has 1 aromatic rings. The van der Waals surface area contributed by atoms with Gasteiger partial charge in [0.2, 0.25) is 0 Å². The van der Waals surface area contributed by atoms with Gasteiger partial charge in [0.15, 0.2) is 0 Å². The van der Waals surface area contributed by atoms with Crippen LogP contribution in [0.3, 0.4) is 0 Å². The Hall–Kier alpha value is -1.82. The van der Waals surface area contributed by atoms with Crippen LogP contribution in [0.5, 0.6) is 0 Å². The number of carbonyl (C=O) groups is 1. The van der Waals surface area contributed by atoms with Crippen molar-refractivity contribution in [1.29, 1.82) is 0 Å². The van der Waals surface area contributed by atoms with Gasteiger partial charge in [0.1, 0.15) is 0 Å². The van der Waals surface area contributed by atoms with E-state index in [1.165, 1.54) is 37.1 Å². The van der Waals surface area contributed by atoms with E-state index in [0.717, 1.165) is 39.3 Å². The first-order valence-corrected chi connectivity index (χ1v) is 9.61. The summed E-state index contributed by atoms with van der Waals surface area (Å²) >= 11 is 0. The Labute approximate surface area is 151 Å². The van der Waals surface area contributed by atoms with Crippen LogP contribution in [0.2, 0.25) is 0 Å². The maximum atomic E-state index is 12.5. The molecule has 0 radical (unpaired) electrons. The van der Waals surface area contributed by atoms with Gasteiger partial charge in [0.25, 0.3) is 0 Å². The number of aryl methyl sites for hydroxylation is 1. The molecule has 2 amide bonds. The largest absolute Gasteiger partial charge is 0.368 e. The number of piperidine rings is 1. The van der Waals surface area contributed by atoms with E-state index in [2.05, 4.69) is 40.0 Å². The van der Waals surface area contributed by atoms with Gasteiger partial charge in [-0.05, 0) is 44.5 Å². The Bertz CT molecular complexity index is 571. The summed E-state index contributed by atoms with van der Waals surface area (Å²) in [5.41, 5.74) is 2.42. The number of nitrogens with zero attached hydrogens (tertiary/aromatic N) is 4. The summed E-state index contributed by atoms with van der Waals surface area (Å²) in [7, 11) is 0. The summed E-state index contributed by atoms with van der Waals surface area (Å²) < 4.78 is 0. The molecule has 1 N–H and O–H groups in total. The molecule has 0 aliphatic carbocycles. The third-order valence-electron chi connectivity index (χ3n) is 5.54. The highest BCUT2D eigenvalue weighted by molar-refractivity contribution is 5.74. The second-order valence-corrected chi connectivity index (χ2v) is 7.10. The minimum Gasteiger partial charge on any atom is -0.368 e. The molecule has 1 aromatic heterocycles. The predicted molar refractivity (Wildman–Crippen MR) is 101 cm³/mol.